The molecule has 0 bridgehead atoms. The minimum Gasteiger partial charge on any atom is -0.373 e. The number of nitrogens with two attached hydrogens (primary N) is 1. The van der Waals surface area contributed by atoms with Crippen molar-refractivity contribution in [3.05, 3.63) is 16.1 Å². The highest BCUT2D eigenvalue weighted by Gasteiger charge is 2.32. The second kappa shape index (κ2) is 4.57. The Kier molecular flexibility index (Phi) is 3.35. The lowest BCUT2D eigenvalue weighted by Crippen LogP contribution is -2.46. The molecule has 1 aliphatic heterocycles. The molecule has 4 nitrogen and oxygen atoms in total. The highest BCUT2D eigenvalue weighted by molar-refractivity contribution is 7.09. The van der Waals surface area contributed by atoms with Crippen LogP contribution in [0, 0.1) is 6.92 Å². The lowest BCUT2D eigenvalue weighted by atomic mass is 10.1. The lowest BCUT2D eigenvalue weighted by Gasteiger charge is -2.37. The average molecular weight is 227 g/mol. The molecule has 0 spiro atoms. The van der Waals surface area contributed by atoms with Crippen LogP contribution in [0.1, 0.15) is 16.7 Å². The molecule has 0 aromatic carbocycles. The number of thiazole rings is 1. The van der Waals surface area contributed by atoms with Crippen LogP contribution in [0.15, 0.2) is 5.38 Å². The molecule has 1 aliphatic rings. The fourth-order valence-corrected chi connectivity index (χ4v) is 2.93. The number of ether oxygens (including phenoxy) is 1. The maximum atomic E-state index is 5.73. The number of morpholine rings is 1. The fraction of sp³-hybridized carbons (Fsp3) is 0.700. The van der Waals surface area contributed by atoms with Crippen LogP contribution in [0.5, 0.6) is 0 Å². The van der Waals surface area contributed by atoms with E-state index in [0.29, 0.717) is 6.54 Å². The van der Waals surface area contributed by atoms with Crippen molar-refractivity contribution in [1.29, 1.82) is 0 Å². The maximum Gasteiger partial charge on any atom is 0.113 e. The predicted molar refractivity (Wildman–Crippen MR) is 61.0 cm³/mol. The first-order valence-corrected chi connectivity index (χ1v) is 6.04. The van der Waals surface area contributed by atoms with Crippen molar-refractivity contribution in [3.8, 4) is 0 Å². The largest absolute Gasteiger partial charge is 0.373 e. The van der Waals surface area contributed by atoms with Crippen LogP contribution in [-0.2, 0) is 4.74 Å². The van der Waals surface area contributed by atoms with Gasteiger partial charge in [-0.05, 0) is 14.0 Å². The summed E-state index contributed by atoms with van der Waals surface area (Å²) in [4.78, 5) is 6.80. The minimum atomic E-state index is 0.0781. The predicted octanol–water partition coefficient (Wildman–Crippen LogP) is 0.782. The van der Waals surface area contributed by atoms with E-state index in [1.54, 1.807) is 11.3 Å². The van der Waals surface area contributed by atoms with Crippen LogP contribution in [0.2, 0.25) is 0 Å². The molecule has 0 saturated carbocycles. The number of aromatic nitrogens is 1. The Labute approximate surface area is 94.1 Å². The molecule has 15 heavy (non-hydrogen) atoms. The second-order valence-corrected chi connectivity index (χ2v) is 4.79. The van der Waals surface area contributed by atoms with Crippen LogP contribution in [0.4, 0.5) is 0 Å². The van der Waals surface area contributed by atoms with Gasteiger partial charge in [0.05, 0.1) is 18.8 Å². The van der Waals surface area contributed by atoms with Gasteiger partial charge >= 0.3 is 0 Å². The summed E-state index contributed by atoms with van der Waals surface area (Å²) in [6.45, 7) is 4.27. The van der Waals surface area contributed by atoms with Gasteiger partial charge in [-0.1, -0.05) is 0 Å². The molecule has 1 saturated heterocycles. The van der Waals surface area contributed by atoms with E-state index in [4.69, 9.17) is 10.5 Å². The number of nitrogens with zero attached hydrogens (tertiary/aromatic N) is 2. The Morgan fingerprint density at radius 3 is 3.13 bits per heavy atom. The molecule has 5 heteroatoms. The number of rotatable bonds is 2. The van der Waals surface area contributed by atoms with Gasteiger partial charge in [-0.25, -0.2) is 4.98 Å². The van der Waals surface area contributed by atoms with Crippen molar-refractivity contribution >= 4 is 11.3 Å². The summed E-state index contributed by atoms with van der Waals surface area (Å²) in [5, 5.41) is 3.19. The van der Waals surface area contributed by atoms with E-state index in [9.17, 15) is 0 Å². The fourth-order valence-electron chi connectivity index (χ4n) is 1.91. The molecule has 84 valence electrons. The van der Waals surface area contributed by atoms with Gasteiger partial charge < -0.3 is 10.5 Å². The van der Waals surface area contributed by atoms with E-state index >= 15 is 0 Å². The molecule has 2 rings (SSSR count). The van der Waals surface area contributed by atoms with Crippen molar-refractivity contribution < 1.29 is 4.74 Å². The molecule has 1 aromatic rings. The molecule has 0 radical (unpaired) electrons. The summed E-state index contributed by atoms with van der Waals surface area (Å²) in [5.41, 5.74) is 6.80. The third-order valence-corrected chi connectivity index (χ3v) is 3.76. The van der Waals surface area contributed by atoms with Crippen molar-refractivity contribution in [1.82, 2.24) is 9.88 Å². The van der Waals surface area contributed by atoms with E-state index in [1.807, 2.05) is 6.92 Å². The van der Waals surface area contributed by atoms with Crippen LogP contribution >= 0.6 is 11.3 Å². The number of aryl methyl sites for hydroxylation is 1. The molecular formula is C10H17N3OS. The summed E-state index contributed by atoms with van der Waals surface area (Å²) >= 11 is 1.69. The smallest absolute Gasteiger partial charge is 0.113 e. The summed E-state index contributed by atoms with van der Waals surface area (Å²) < 4.78 is 5.67. The summed E-state index contributed by atoms with van der Waals surface area (Å²) in [5.74, 6) is 0. The summed E-state index contributed by atoms with van der Waals surface area (Å²) in [6, 6.07) is 0.224. The zero-order valence-corrected chi connectivity index (χ0v) is 9.96. The van der Waals surface area contributed by atoms with Crippen molar-refractivity contribution in [3.63, 3.8) is 0 Å². The molecule has 2 heterocycles. The quantitative estimate of drug-likeness (QED) is 0.811. The van der Waals surface area contributed by atoms with Crippen LogP contribution in [0.3, 0.4) is 0 Å². The monoisotopic (exact) mass is 227 g/mol. The van der Waals surface area contributed by atoms with Gasteiger partial charge in [0, 0.05) is 24.2 Å². The first kappa shape index (κ1) is 11.0. The van der Waals surface area contributed by atoms with Gasteiger partial charge in [-0.15, -0.1) is 11.3 Å². The van der Waals surface area contributed by atoms with E-state index < -0.39 is 0 Å². The SMILES string of the molecule is Cc1csc(C2C(CN)OCCN2C)n1. The van der Waals surface area contributed by atoms with Crippen molar-refractivity contribution in [2.24, 2.45) is 5.73 Å². The molecule has 2 N–H and O–H groups in total. The van der Waals surface area contributed by atoms with Gasteiger partial charge in [0.2, 0.25) is 0 Å². The van der Waals surface area contributed by atoms with Crippen LogP contribution in [0.25, 0.3) is 0 Å². The second-order valence-electron chi connectivity index (χ2n) is 3.90. The summed E-state index contributed by atoms with van der Waals surface area (Å²) in [6.07, 6.45) is 0.0781. The molecule has 1 fully saturated rings. The third kappa shape index (κ3) is 2.20. The number of hydrogen-bond acceptors (Lipinski definition) is 5. The number of hydrogen-bond donors (Lipinski definition) is 1. The minimum absolute atomic E-state index is 0.0781. The van der Waals surface area contributed by atoms with Gasteiger partial charge in [0.15, 0.2) is 0 Å². The zero-order chi connectivity index (χ0) is 10.8. The van der Waals surface area contributed by atoms with Gasteiger partial charge in [-0.2, -0.15) is 0 Å². The topological polar surface area (TPSA) is 51.4 Å². The molecular weight excluding hydrogens is 210 g/mol. The van der Waals surface area contributed by atoms with E-state index in [2.05, 4.69) is 22.3 Å². The molecule has 2 atom stereocenters. The maximum absolute atomic E-state index is 5.73. The first-order valence-electron chi connectivity index (χ1n) is 5.16. The van der Waals surface area contributed by atoms with Crippen molar-refractivity contribution in [2.45, 2.75) is 19.1 Å². The van der Waals surface area contributed by atoms with Crippen molar-refractivity contribution in [2.75, 3.05) is 26.7 Å². The normalized spacial score (nSPS) is 28.2. The van der Waals surface area contributed by atoms with Gasteiger partial charge in [0.1, 0.15) is 5.01 Å². The Morgan fingerprint density at radius 2 is 2.53 bits per heavy atom. The molecule has 0 aliphatic carbocycles. The highest BCUT2D eigenvalue weighted by Crippen LogP contribution is 2.29. The lowest BCUT2D eigenvalue weighted by molar-refractivity contribution is -0.0577. The van der Waals surface area contributed by atoms with E-state index in [1.165, 1.54) is 0 Å². The van der Waals surface area contributed by atoms with Gasteiger partial charge in [-0.3, -0.25) is 4.90 Å². The van der Waals surface area contributed by atoms with E-state index in [0.717, 1.165) is 23.9 Å². The summed E-state index contributed by atoms with van der Waals surface area (Å²) in [7, 11) is 2.10. The number of likely N-dealkylation sites (N-methyl/N-ethyl adjacent to an activating group) is 1. The van der Waals surface area contributed by atoms with Crippen LogP contribution < -0.4 is 5.73 Å². The van der Waals surface area contributed by atoms with E-state index in [-0.39, 0.29) is 12.1 Å². The average Bonchev–Trinajstić information content (AvgIpc) is 2.64. The molecule has 0 amide bonds. The Hall–Kier alpha value is -0.490. The molecule has 1 aromatic heterocycles. The van der Waals surface area contributed by atoms with Gasteiger partial charge in [0.25, 0.3) is 0 Å². The highest BCUT2D eigenvalue weighted by atomic mass is 32.1. The Balaban J connectivity index is 2.22. The third-order valence-electron chi connectivity index (χ3n) is 2.73. The molecule has 2 unspecified atom stereocenters. The van der Waals surface area contributed by atoms with Crippen LogP contribution in [-0.4, -0.2) is 42.7 Å². The standard InChI is InChI=1S/C10H17N3OS/c1-7-6-15-10(12-7)9-8(5-11)14-4-3-13(9)2/h6,8-9H,3-5,11H2,1-2H3. The Bertz CT molecular complexity index is 328. The first-order chi connectivity index (χ1) is 7.22. The zero-order valence-electron chi connectivity index (χ0n) is 9.14. The Morgan fingerprint density at radius 1 is 1.73 bits per heavy atom.